The maximum absolute atomic E-state index is 13.4. The lowest BCUT2D eigenvalue weighted by atomic mass is 9.97. The molecular weight excluding hydrogens is 472 g/mol. The van der Waals surface area contributed by atoms with E-state index in [1.165, 1.54) is 31.0 Å². The Bertz CT molecular complexity index is 983. The van der Waals surface area contributed by atoms with Crippen LogP contribution in [0.2, 0.25) is 0 Å². The van der Waals surface area contributed by atoms with Gasteiger partial charge in [-0.2, -0.15) is 0 Å². The van der Waals surface area contributed by atoms with E-state index < -0.39 is 0 Å². The van der Waals surface area contributed by atoms with Gasteiger partial charge < -0.3 is 5.32 Å². The molecule has 0 atom stereocenters. The SMILES string of the molecule is O=C(CN1C(=O)/C(=C\c2cccc(Br)c2)Sc2ccccc21)NC1CCCCCCC1. The first kappa shape index (κ1) is 22.2. The highest BCUT2D eigenvalue weighted by Gasteiger charge is 2.30. The predicted molar refractivity (Wildman–Crippen MR) is 131 cm³/mol. The van der Waals surface area contributed by atoms with Gasteiger partial charge in [-0.15, -0.1) is 0 Å². The largest absolute Gasteiger partial charge is 0.352 e. The molecule has 1 heterocycles. The zero-order chi connectivity index (χ0) is 21.6. The first-order valence-electron chi connectivity index (χ1n) is 11.0. The zero-order valence-electron chi connectivity index (χ0n) is 17.5. The number of thioether (sulfide) groups is 1. The molecule has 0 unspecified atom stereocenters. The summed E-state index contributed by atoms with van der Waals surface area (Å²) in [5.41, 5.74) is 1.75. The summed E-state index contributed by atoms with van der Waals surface area (Å²) in [7, 11) is 0. The summed E-state index contributed by atoms with van der Waals surface area (Å²) in [5.74, 6) is -0.209. The second-order valence-electron chi connectivity index (χ2n) is 8.13. The maximum Gasteiger partial charge on any atom is 0.265 e. The summed E-state index contributed by atoms with van der Waals surface area (Å²) in [6.45, 7) is 0.0444. The topological polar surface area (TPSA) is 49.4 Å². The first-order valence-corrected chi connectivity index (χ1v) is 12.6. The van der Waals surface area contributed by atoms with E-state index in [1.54, 1.807) is 4.90 Å². The minimum atomic E-state index is -0.128. The molecule has 1 aliphatic heterocycles. The minimum absolute atomic E-state index is 0.0444. The number of halogens is 1. The van der Waals surface area contributed by atoms with Gasteiger partial charge in [0.25, 0.3) is 5.91 Å². The highest BCUT2D eigenvalue weighted by atomic mass is 79.9. The van der Waals surface area contributed by atoms with Crippen LogP contribution in [-0.4, -0.2) is 24.4 Å². The fraction of sp³-hybridized carbons (Fsp3) is 0.360. The van der Waals surface area contributed by atoms with E-state index >= 15 is 0 Å². The van der Waals surface area contributed by atoms with Crippen LogP contribution >= 0.6 is 27.7 Å². The van der Waals surface area contributed by atoms with E-state index in [9.17, 15) is 9.59 Å². The summed E-state index contributed by atoms with van der Waals surface area (Å²) in [6.07, 6.45) is 10.0. The highest BCUT2D eigenvalue weighted by Crippen LogP contribution is 2.42. The lowest BCUT2D eigenvalue weighted by Gasteiger charge is -2.30. The molecule has 2 aliphatic rings. The van der Waals surface area contributed by atoms with Crippen LogP contribution in [0.15, 0.2) is 62.8 Å². The fourth-order valence-electron chi connectivity index (χ4n) is 4.18. The molecule has 2 aromatic carbocycles. The Balaban J connectivity index is 1.53. The molecule has 1 saturated carbocycles. The summed E-state index contributed by atoms with van der Waals surface area (Å²) in [4.78, 5) is 29.5. The van der Waals surface area contributed by atoms with Crippen molar-refractivity contribution in [3.63, 3.8) is 0 Å². The Kier molecular flexibility index (Phi) is 7.51. The number of amides is 2. The van der Waals surface area contributed by atoms with Crippen molar-refractivity contribution in [1.29, 1.82) is 0 Å². The van der Waals surface area contributed by atoms with Gasteiger partial charge in [-0.05, 0) is 48.7 Å². The molecule has 0 bridgehead atoms. The molecule has 0 spiro atoms. The maximum atomic E-state index is 13.4. The van der Waals surface area contributed by atoms with Crippen LogP contribution in [0.5, 0.6) is 0 Å². The molecule has 2 amide bonds. The number of anilines is 1. The van der Waals surface area contributed by atoms with Crippen LogP contribution in [0.4, 0.5) is 5.69 Å². The van der Waals surface area contributed by atoms with Crippen LogP contribution < -0.4 is 10.2 Å². The van der Waals surface area contributed by atoms with Crippen LogP contribution in [0, 0.1) is 0 Å². The van der Waals surface area contributed by atoms with E-state index in [0.29, 0.717) is 4.91 Å². The quantitative estimate of drug-likeness (QED) is 0.513. The number of carbonyl (C=O) groups excluding carboxylic acids is 2. The molecule has 0 saturated heterocycles. The van der Waals surface area contributed by atoms with Gasteiger partial charge in [0, 0.05) is 15.4 Å². The van der Waals surface area contributed by atoms with Crippen molar-refractivity contribution in [2.45, 2.75) is 55.9 Å². The second kappa shape index (κ2) is 10.5. The van der Waals surface area contributed by atoms with Crippen molar-refractivity contribution >= 4 is 51.3 Å². The number of carbonyl (C=O) groups is 2. The lowest BCUT2D eigenvalue weighted by molar-refractivity contribution is -0.123. The number of nitrogens with one attached hydrogen (secondary N) is 1. The number of para-hydroxylation sites is 1. The molecule has 162 valence electrons. The molecule has 4 rings (SSSR count). The molecule has 0 radical (unpaired) electrons. The van der Waals surface area contributed by atoms with Gasteiger partial charge in [0.15, 0.2) is 0 Å². The molecule has 1 N–H and O–H groups in total. The normalized spacial score (nSPS) is 18.9. The average Bonchev–Trinajstić information content (AvgIpc) is 2.73. The molecule has 4 nitrogen and oxygen atoms in total. The Labute approximate surface area is 196 Å². The Hall–Kier alpha value is -2.05. The first-order chi connectivity index (χ1) is 15.1. The van der Waals surface area contributed by atoms with Crippen molar-refractivity contribution in [1.82, 2.24) is 5.32 Å². The Morgan fingerprint density at radius 2 is 1.81 bits per heavy atom. The second-order valence-corrected chi connectivity index (χ2v) is 10.1. The van der Waals surface area contributed by atoms with Gasteiger partial charge >= 0.3 is 0 Å². The highest BCUT2D eigenvalue weighted by molar-refractivity contribution is 9.10. The van der Waals surface area contributed by atoms with Gasteiger partial charge in [-0.25, -0.2) is 0 Å². The standard InChI is InChI=1S/C25H27BrN2O2S/c26-19-10-8-9-18(15-19)16-23-25(30)28(21-13-6-7-14-22(21)31-23)17-24(29)27-20-11-4-2-1-3-5-12-20/h6-10,13-16,20H,1-5,11-12,17H2,(H,27,29)/b23-16+. The van der Waals surface area contributed by atoms with E-state index in [1.807, 2.05) is 54.6 Å². The third-order valence-electron chi connectivity index (χ3n) is 5.75. The summed E-state index contributed by atoms with van der Waals surface area (Å²) < 4.78 is 0.964. The van der Waals surface area contributed by atoms with E-state index in [2.05, 4.69) is 21.2 Å². The predicted octanol–water partition coefficient (Wildman–Crippen LogP) is 6.16. The Morgan fingerprint density at radius 1 is 1.06 bits per heavy atom. The summed E-state index contributed by atoms with van der Waals surface area (Å²) >= 11 is 4.95. The number of hydrogen-bond donors (Lipinski definition) is 1. The van der Waals surface area contributed by atoms with Crippen LogP contribution in [0.3, 0.4) is 0 Å². The molecule has 1 aliphatic carbocycles. The number of rotatable bonds is 4. The monoisotopic (exact) mass is 498 g/mol. The van der Waals surface area contributed by atoms with Gasteiger partial charge in [0.2, 0.25) is 5.91 Å². The van der Waals surface area contributed by atoms with Crippen LogP contribution in [-0.2, 0) is 9.59 Å². The average molecular weight is 499 g/mol. The summed E-state index contributed by atoms with van der Waals surface area (Å²) in [6, 6.07) is 15.9. The third kappa shape index (κ3) is 5.80. The molecule has 2 aromatic rings. The van der Waals surface area contributed by atoms with Crippen LogP contribution in [0.1, 0.15) is 50.5 Å². The van der Waals surface area contributed by atoms with Gasteiger partial charge in [0.1, 0.15) is 6.54 Å². The third-order valence-corrected chi connectivity index (χ3v) is 7.32. The van der Waals surface area contributed by atoms with E-state index in [0.717, 1.165) is 46.3 Å². The molecular formula is C25H27BrN2O2S. The van der Waals surface area contributed by atoms with Gasteiger partial charge in [-0.3, -0.25) is 14.5 Å². The van der Waals surface area contributed by atoms with Gasteiger partial charge in [-0.1, -0.05) is 84.1 Å². The van der Waals surface area contributed by atoms with E-state index in [4.69, 9.17) is 0 Å². The number of fused-ring (bicyclic) bond motifs is 1. The zero-order valence-corrected chi connectivity index (χ0v) is 19.9. The van der Waals surface area contributed by atoms with Crippen molar-refractivity contribution in [2.75, 3.05) is 11.4 Å². The number of nitrogens with zero attached hydrogens (tertiary/aromatic N) is 1. The molecule has 31 heavy (non-hydrogen) atoms. The lowest BCUT2D eigenvalue weighted by Crippen LogP contribution is -2.45. The molecule has 6 heteroatoms. The molecule has 1 fully saturated rings. The van der Waals surface area contributed by atoms with Crippen molar-refractivity contribution in [2.24, 2.45) is 0 Å². The molecule has 0 aromatic heterocycles. The van der Waals surface area contributed by atoms with Crippen molar-refractivity contribution < 1.29 is 9.59 Å². The van der Waals surface area contributed by atoms with Crippen LogP contribution in [0.25, 0.3) is 6.08 Å². The number of hydrogen-bond acceptors (Lipinski definition) is 3. The number of benzene rings is 2. The van der Waals surface area contributed by atoms with Crippen molar-refractivity contribution in [3.8, 4) is 0 Å². The Morgan fingerprint density at radius 3 is 2.58 bits per heavy atom. The summed E-state index contributed by atoms with van der Waals surface area (Å²) in [5, 5.41) is 3.19. The van der Waals surface area contributed by atoms with Gasteiger partial charge in [0.05, 0.1) is 10.6 Å². The van der Waals surface area contributed by atoms with Crippen molar-refractivity contribution in [3.05, 3.63) is 63.5 Å². The minimum Gasteiger partial charge on any atom is -0.352 e. The fourth-order valence-corrected chi connectivity index (χ4v) is 5.66. The van der Waals surface area contributed by atoms with E-state index in [-0.39, 0.29) is 24.4 Å². The smallest absolute Gasteiger partial charge is 0.265 e.